The maximum atomic E-state index is 11.6. The molecule has 6 heteroatoms. The highest BCUT2D eigenvalue weighted by atomic mass is 16.5. The second-order valence-electron chi connectivity index (χ2n) is 4.36. The highest BCUT2D eigenvalue weighted by Crippen LogP contribution is 2.37. The van der Waals surface area contributed by atoms with Gasteiger partial charge >= 0.3 is 5.97 Å². The van der Waals surface area contributed by atoms with Gasteiger partial charge in [0, 0.05) is 5.92 Å². The highest BCUT2D eigenvalue weighted by molar-refractivity contribution is 5.92. The van der Waals surface area contributed by atoms with Crippen molar-refractivity contribution in [3.05, 3.63) is 21.6 Å². The molecule has 1 aromatic rings. The number of hydrogen-bond donors (Lipinski definition) is 2. The van der Waals surface area contributed by atoms with Crippen LogP contribution in [0.15, 0.2) is 4.79 Å². The summed E-state index contributed by atoms with van der Waals surface area (Å²) in [6, 6.07) is 0. The Bertz CT molecular complexity index is 503. The van der Waals surface area contributed by atoms with Crippen LogP contribution in [-0.4, -0.2) is 27.9 Å². The number of carbonyl (C=O) groups is 1. The molecule has 0 atom stereocenters. The molecule has 18 heavy (non-hydrogen) atoms. The Morgan fingerprint density at radius 2 is 2.17 bits per heavy atom. The van der Waals surface area contributed by atoms with Gasteiger partial charge in [-0.1, -0.05) is 12.8 Å². The van der Waals surface area contributed by atoms with Crippen molar-refractivity contribution in [2.45, 2.75) is 38.5 Å². The molecule has 1 aliphatic rings. The average molecular weight is 252 g/mol. The first-order chi connectivity index (χ1) is 8.65. The van der Waals surface area contributed by atoms with Gasteiger partial charge in [0.25, 0.3) is 5.56 Å². The topological polar surface area (TPSA) is 92.3 Å². The number of rotatable bonds is 3. The maximum Gasteiger partial charge on any atom is 0.347 e. The lowest BCUT2D eigenvalue weighted by Crippen LogP contribution is -2.23. The van der Waals surface area contributed by atoms with Gasteiger partial charge in [-0.05, 0) is 19.8 Å². The Labute approximate surface area is 104 Å². The van der Waals surface area contributed by atoms with Crippen molar-refractivity contribution < 1.29 is 14.6 Å². The number of hydrogen-bond acceptors (Lipinski definition) is 5. The summed E-state index contributed by atoms with van der Waals surface area (Å²) in [4.78, 5) is 23.2. The van der Waals surface area contributed by atoms with E-state index in [1.807, 2.05) is 0 Å². The number of nitrogens with zero attached hydrogens (tertiary/aromatic N) is 1. The molecule has 98 valence electrons. The van der Waals surface area contributed by atoms with Crippen LogP contribution in [0.5, 0.6) is 5.75 Å². The third-order valence-corrected chi connectivity index (χ3v) is 3.21. The first kappa shape index (κ1) is 12.6. The van der Waals surface area contributed by atoms with Crippen molar-refractivity contribution in [3.63, 3.8) is 0 Å². The molecule has 6 nitrogen and oxygen atoms in total. The molecule has 1 aliphatic carbocycles. The zero-order valence-electron chi connectivity index (χ0n) is 10.2. The molecular weight excluding hydrogens is 236 g/mol. The summed E-state index contributed by atoms with van der Waals surface area (Å²) in [5, 5.41) is 16.2. The Morgan fingerprint density at radius 1 is 1.50 bits per heavy atom. The molecular formula is C12H16N2O4. The molecule has 0 radical (unpaired) electrons. The van der Waals surface area contributed by atoms with Gasteiger partial charge in [-0.3, -0.25) is 4.79 Å². The summed E-state index contributed by atoms with van der Waals surface area (Å²) in [6.45, 7) is 1.79. The van der Waals surface area contributed by atoms with Crippen LogP contribution < -0.4 is 5.56 Å². The van der Waals surface area contributed by atoms with Crippen molar-refractivity contribution in [2.24, 2.45) is 0 Å². The molecule has 0 aliphatic heterocycles. The van der Waals surface area contributed by atoms with Crippen LogP contribution >= 0.6 is 0 Å². The molecule has 1 aromatic heterocycles. The number of carbonyl (C=O) groups excluding carboxylic acids is 1. The minimum atomic E-state index is -0.808. The number of ether oxygens (including phenoxy) is 1. The van der Waals surface area contributed by atoms with Gasteiger partial charge in [0.15, 0.2) is 11.3 Å². The van der Waals surface area contributed by atoms with Gasteiger partial charge in [-0.15, -0.1) is 0 Å². The Hall–Kier alpha value is -1.85. The second-order valence-corrected chi connectivity index (χ2v) is 4.36. The molecule has 0 spiro atoms. The van der Waals surface area contributed by atoms with E-state index < -0.39 is 11.5 Å². The number of aromatic hydroxyl groups is 1. The summed E-state index contributed by atoms with van der Waals surface area (Å²) in [5.74, 6) is -1.03. The van der Waals surface area contributed by atoms with E-state index in [0.29, 0.717) is 5.69 Å². The fraction of sp³-hybridized carbons (Fsp3) is 0.583. The van der Waals surface area contributed by atoms with E-state index in [2.05, 4.69) is 10.2 Å². The Balaban J connectivity index is 2.42. The first-order valence-corrected chi connectivity index (χ1v) is 6.13. The van der Waals surface area contributed by atoms with E-state index in [9.17, 15) is 14.7 Å². The molecule has 0 amide bonds. The minimum Gasteiger partial charge on any atom is -0.505 e. The summed E-state index contributed by atoms with van der Waals surface area (Å²) >= 11 is 0. The molecule has 2 rings (SSSR count). The predicted octanol–water partition coefficient (Wildman–Crippen LogP) is 1.31. The van der Waals surface area contributed by atoms with Crippen LogP contribution in [0.1, 0.15) is 54.6 Å². The van der Waals surface area contributed by atoms with Crippen molar-refractivity contribution >= 4 is 5.97 Å². The Morgan fingerprint density at radius 3 is 2.78 bits per heavy atom. The van der Waals surface area contributed by atoms with E-state index >= 15 is 0 Å². The fourth-order valence-corrected chi connectivity index (χ4v) is 2.33. The van der Waals surface area contributed by atoms with E-state index in [0.717, 1.165) is 25.7 Å². The smallest absolute Gasteiger partial charge is 0.347 e. The first-order valence-electron chi connectivity index (χ1n) is 6.13. The van der Waals surface area contributed by atoms with Crippen LogP contribution in [0, 0.1) is 0 Å². The molecule has 0 unspecified atom stereocenters. The predicted molar refractivity (Wildman–Crippen MR) is 63.7 cm³/mol. The van der Waals surface area contributed by atoms with E-state index in [1.165, 1.54) is 0 Å². The molecule has 1 fully saturated rings. The molecule has 2 N–H and O–H groups in total. The zero-order chi connectivity index (χ0) is 13.1. The van der Waals surface area contributed by atoms with Crippen molar-refractivity contribution in [2.75, 3.05) is 6.61 Å². The summed E-state index contributed by atoms with van der Waals surface area (Å²) in [6.07, 6.45) is 3.96. The molecule has 1 saturated carbocycles. The normalized spacial score (nSPS) is 15.8. The standard InChI is InChI=1S/C12H16N2O4/c1-2-18-12(17)8-10(15)9(13-14-11(8)16)7-5-3-4-6-7/h7H,2-6H2,1H3,(H2,14,15,16). The van der Waals surface area contributed by atoms with E-state index in [4.69, 9.17) is 4.74 Å². The third-order valence-electron chi connectivity index (χ3n) is 3.21. The maximum absolute atomic E-state index is 11.6. The van der Waals surface area contributed by atoms with Gasteiger partial charge in [0.2, 0.25) is 0 Å². The third kappa shape index (κ3) is 2.23. The molecule has 0 saturated heterocycles. The van der Waals surface area contributed by atoms with Crippen LogP contribution in [0.2, 0.25) is 0 Å². The summed E-state index contributed by atoms with van der Waals surface area (Å²) < 4.78 is 4.76. The van der Waals surface area contributed by atoms with Gasteiger partial charge < -0.3 is 9.84 Å². The van der Waals surface area contributed by atoms with Crippen LogP contribution in [0.25, 0.3) is 0 Å². The Kier molecular flexibility index (Phi) is 3.64. The number of aromatic nitrogens is 2. The average Bonchev–Trinajstić information content (AvgIpc) is 2.83. The van der Waals surface area contributed by atoms with Crippen molar-refractivity contribution in [1.29, 1.82) is 0 Å². The van der Waals surface area contributed by atoms with Gasteiger partial charge in [-0.25, -0.2) is 9.89 Å². The molecule has 0 aromatic carbocycles. The fourth-order valence-electron chi connectivity index (χ4n) is 2.33. The zero-order valence-corrected chi connectivity index (χ0v) is 10.2. The van der Waals surface area contributed by atoms with E-state index in [-0.39, 0.29) is 23.8 Å². The van der Waals surface area contributed by atoms with E-state index in [1.54, 1.807) is 6.92 Å². The molecule has 1 heterocycles. The number of esters is 1. The summed E-state index contributed by atoms with van der Waals surface area (Å²) in [7, 11) is 0. The minimum absolute atomic E-state index is 0.107. The van der Waals surface area contributed by atoms with Gasteiger partial charge in [-0.2, -0.15) is 5.10 Å². The number of H-pyrrole nitrogens is 1. The second kappa shape index (κ2) is 5.20. The summed E-state index contributed by atoms with van der Waals surface area (Å²) in [5.41, 5.74) is -0.656. The SMILES string of the molecule is CCOC(=O)c1c(O)c(C2CCCC2)n[nH]c1=O. The quantitative estimate of drug-likeness (QED) is 0.791. The van der Waals surface area contributed by atoms with Gasteiger partial charge in [0.05, 0.1) is 6.61 Å². The largest absolute Gasteiger partial charge is 0.505 e. The van der Waals surface area contributed by atoms with Crippen molar-refractivity contribution in [3.8, 4) is 5.75 Å². The lowest BCUT2D eigenvalue weighted by atomic mass is 10.0. The monoisotopic (exact) mass is 252 g/mol. The van der Waals surface area contributed by atoms with Crippen molar-refractivity contribution in [1.82, 2.24) is 10.2 Å². The van der Waals surface area contributed by atoms with Gasteiger partial charge in [0.1, 0.15) is 5.69 Å². The molecule has 0 bridgehead atoms. The highest BCUT2D eigenvalue weighted by Gasteiger charge is 2.27. The lowest BCUT2D eigenvalue weighted by molar-refractivity contribution is 0.0520. The van der Waals surface area contributed by atoms with Crippen LogP contribution in [-0.2, 0) is 4.74 Å². The lowest BCUT2D eigenvalue weighted by Gasteiger charge is -2.11. The number of nitrogens with one attached hydrogen (secondary N) is 1. The van der Waals surface area contributed by atoms with Crippen LogP contribution in [0.4, 0.5) is 0 Å². The van der Waals surface area contributed by atoms with Crippen LogP contribution in [0.3, 0.4) is 0 Å². The number of aromatic amines is 1.